The molecule has 0 aliphatic carbocycles. The van der Waals surface area contributed by atoms with E-state index in [0.29, 0.717) is 28.2 Å². The molecule has 3 N–H and O–H groups in total. The first kappa shape index (κ1) is 27.0. The van der Waals surface area contributed by atoms with Crippen molar-refractivity contribution in [1.82, 2.24) is 5.06 Å². The lowest BCUT2D eigenvalue weighted by molar-refractivity contribution is -0.116. The summed E-state index contributed by atoms with van der Waals surface area (Å²) in [7, 11) is 0. The third-order valence-electron chi connectivity index (χ3n) is 5.59. The highest BCUT2D eigenvalue weighted by atomic mass is 16.7. The van der Waals surface area contributed by atoms with E-state index < -0.39 is 6.17 Å². The van der Waals surface area contributed by atoms with Crippen LogP contribution in [0.2, 0.25) is 0 Å². The van der Waals surface area contributed by atoms with E-state index >= 15 is 0 Å². The zero-order valence-corrected chi connectivity index (χ0v) is 21.2. The molecule has 1 unspecified atom stereocenters. The molecule has 0 aromatic heterocycles. The van der Waals surface area contributed by atoms with Gasteiger partial charge in [-0.15, -0.1) is 6.58 Å². The monoisotopic (exact) mass is 527 g/mol. The van der Waals surface area contributed by atoms with Gasteiger partial charge in [-0.2, -0.15) is 0 Å². The Kier molecular flexibility index (Phi) is 8.65. The number of benzene rings is 3. The predicted molar refractivity (Wildman–Crippen MR) is 150 cm³/mol. The van der Waals surface area contributed by atoms with Gasteiger partial charge in [-0.25, -0.2) is 15.0 Å². The Hall–Kier alpha value is -5.02. The van der Waals surface area contributed by atoms with Crippen LogP contribution in [0.1, 0.15) is 22.9 Å². The van der Waals surface area contributed by atoms with Crippen LogP contribution in [-0.4, -0.2) is 51.9 Å². The fourth-order valence-electron chi connectivity index (χ4n) is 3.83. The quantitative estimate of drug-likeness (QED) is 0.275. The van der Waals surface area contributed by atoms with E-state index in [4.69, 9.17) is 19.3 Å². The number of para-hydroxylation sites is 1. The van der Waals surface area contributed by atoms with Crippen molar-refractivity contribution in [1.29, 1.82) is 0 Å². The minimum Gasteiger partial charge on any atom is -0.507 e. The van der Waals surface area contributed by atoms with Crippen molar-refractivity contribution in [2.24, 2.45) is 9.98 Å². The second-order valence-electron chi connectivity index (χ2n) is 8.29. The second kappa shape index (κ2) is 12.5. The molecule has 0 spiro atoms. The average Bonchev–Trinajstić information content (AvgIpc) is 2.94. The van der Waals surface area contributed by atoms with Crippen LogP contribution in [0, 0.1) is 0 Å². The maximum atomic E-state index is 11.0. The molecule has 0 saturated carbocycles. The maximum absolute atomic E-state index is 11.0. The van der Waals surface area contributed by atoms with Crippen LogP contribution < -0.4 is 9.47 Å². The highest BCUT2D eigenvalue weighted by molar-refractivity contribution is 6.14. The first-order chi connectivity index (χ1) is 19.0. The van der Waals surface area contributed by atoms with Crippen LogP contribution in [0.15, 0.2) is 109 Å². The standard InChI is InChI=1S/C30H29N3O6/c1-4-15-37-20-11-13-23(26(35)18-20)29-31-28(22-9-7-8-10-25(22)34)32-30(33(29)39-17-6-3)24-14-12-21(19-27(24)36)38-16-5-2/h4-14,18-19,29,34-36H,1-3,15-17H2. The first-order valence-corrected chi connectivity index (χ1v) is 12.1. The number of ether oxygens (including phenoxy) is 2. The van der Waals surface area contributed by atoms with Crippen LogP contribution >= 0.6 is 0 Å². The molecule has 0 bridgehead atoms. The number of aromatic hydroxyl groups is 3. The normalized spacial score (nSPS) is 14.7. The minimum atomic E-state index is -0.961. The Labute approximate surface area is 226 Å². The van der Waals surface area contributed by atoms with E-state index in [1.165, 1.54) is 23.3 Å². The molecular formula is C30H29N3O6. The van der Waals surface area contributed by atoms with Gasteiger partial charge >= 0.3 is 0 Å². The lowest BCUT2D eigenvalue weighted by Gasteiger charge is -2.34. The highest BCUT2D eigenvalue weighted by Gasteiger charge is 2.34. The second-order valence-corrected chi connectivity index (χ2v) is 8.29. The summed E-state index contributed by atoms with van der Waals surface area (Å²) in [4.78, 5) is 15.4. The number of phenolic OH excluding ortho intramolecular Hbond substituents is 3. The number of hydroxylamine groups is 2. The average molecular weight is 528 g/mol. The van der Waals surface area contributed by atoms with Crippen LogP contribution in [0.25, 0.3) is 0 Å². The van der Waals surface area contributed by atoms with Crippen molar-refractivity contribution in [3.63, 3.8) is 0 Å². The summed E-state index contributed by atoms with van der Waals surface area (Å²) in [6, 6.07) is 16.2. The summed E-state index contributed by atoms with van der Waals surface area (Å²) in [6.45, 7) is 11.6. The molecule has 0 fully saturated rings. The van der Waals surface area contributed by atoms with Gasteiger partial charge in [-0.1, -0.05) is 43.5 Å². The van der Waals surface area contributed by atoms with Gasteiger partial charge in [0.15, 0.2) is 17.8 Å². The third kappa shape index (κ3) is 6.11. The number of aliphatic imine (C=N–C) groups is 2. The van der Waals surface area contributed by atoms with Gasteiger partial charge in [0.25, 0.3) is 0 Å². The maximum Gasteiger partial charge on any atom is 0.179 e. The van der Waals surface area contributed by atoms with Crippen molar-refractivity contribution in [3.8, 4) is 28.7 Å². The summed E-state index contributed by atoms with van der Waals surface area (Å²) < 4.78 is 11.1. The van der Waals surface area contributed by atoms with E-state index in [1.54, 1.807) is 60.7 Å². The molecule has 0 saturated heterocycles. The Morgan fingerprint density at radius 2 is 1.38 bits per heavy atom. The molecule has 9 nitrogen and oxygen atoms in total. The fraction of sp³-hybridized carbons (Fsp3) is 0.133. The van der Waals surface area contributed by atoms with Crippen molar-refractivity contribution >= 4 is 11.7 Å². The minimum absolute atomic E-state index is 0.0339. The lowest BCUT2D eigenvalue weighted by atomic mass is 10.1. The summed E-state index contributed by atoms with van der Waals surface area (Å²) in [5.74, 6) is 0.971. The molecule has 1 aliphatic heterocycles. The number of rotatable bonds is 12. The molecule has 1 aliphatic rings. The molecule has 39 heavy (non-hydrogen) atoms. The Balaban J connectivity index is 1.87. The van der Waals surface area contributed by atoms with E-state index in [9.17, 15) is 15.3 Å². The zero-order chi connectivity index (χ0) is 27.8. The molecule has 3 aromatic carbocycles. The highest BCUT2D eigenvalue weighted by Crippen LogP contribution is 2.38. The number of amidine groups is 2. The SMILES string of the molecule is C=CCOc1ccc(C2=NC(c3ccccc3O)=NC(c3ccc(OCC=C)cc3O)N2OCC=C)c(O)c1. The topological polar surface area (TPSA) is 116 Å². The Morgan fingerprint density at radius 3 is 2.00 bits per heavy atom. The van der Waals surface area contributed by atoms with E-state index in [0.717, 1.165) is 0 Å². The van der Waals surface area contributed by atoms with Crippen LogP contribution in [0.3, 0.4) is 0 Å². The Bertz CT molecular complexity index is 1430. The van der Waals surface area contributed by atoms with Crippen molar-refractivity contribution in [3.05, 3.63) is 115 Å². The number of hydrogen-bond donors (Lipinski definition) is 3. The summed E-state index contributed by atoms with van der Waals surface area (Å²) in [6.07, 6.45) is 3.79. The zero-order valence-electron chi connectivity index (χ0n) is 21.2. The van der Waals surface area contributed by atoms with E-state index in [-0.39, 0.29) is 48.7 Å². The molecule has 9 heteroatoms. The summed E-state index contributed by atoms with van der Waals surface area (Å²) in [5, 5.41) is 33.9. The van der Waals surface area contributed by atoms with Crippen LogP contribution in [0.4, 0.5) is 0 Å². The van der Waals surface area contributed by atoms with Crippen LogP contribution in [0.5, 0.6) is 28.7 Å². The van der Waals surface area contributed by atoms with Crippen LogP contribution in [-0.2, 0) is 4.84 Å². The van der Waals surface area contributed by atoms with E-state index in [1.807, 2.05) is 0 Å². The van der Waals surface area contributed by atoms with Gasteiger partial charge in [0.2, 0.25) is 0 Å². The molecule has 3 aromatic rings. The van der Waals surface area contributed by atoms with Crippen molar-refractivity contribution in [2.45, 2.75) is 6.17 Å². The van der Waals surface area contributed by atoms with E-state index in [2.05, 4.69) is 24.7 Å². The van der Waals surface area contributed by atoms with Gasteiger partial charge < -0.3 is 24.8 Å². The lowest BCUT2D eigenvalue weighted by Crippen LogP contribution is -2.39. The largest absolute Gasteiger partial charge is 0.507 e. The predicted octanol–water partition coefficient (Wildman–Crippen LogP) is 5.26. The Morgan fingerprint density at radius 1 is 0.744 bits per heavy atom. The van der Waals surface area contributed by atoms with Gasteiger partial charge in [0.1, 0.15) is 42.0 Å². The fourth-order valence-corrected chi connectivity index (χ4v) is 3.83. The molecule has 0 radical (unpaired) electrons. The summed E-state index contributed by atoms with van der Waals surface area (Å²) >= 11 is 0. The number of phenols is 3. The van der Waals surface area contributed by atoms with Gasteiger partial charge in [-0.3, -0.25) is 4.84 Å². The smallest absolute Gasteiger partial charge is 0.179 e. The molecule has 1 heterocycles. The van der Waals surface area contributed by atoms with Gasteiger partial charge in [-0.05, 0) is 36.4 Å². The third-order valence-corrected chi connectivity index (χ3v) is 5.59. The number of nitrogens with zero attached hydrogens (tertiary/aromatic N) is 3. The van der Waals surface area contributed by atoms with Crippen molar-refractivity contribution < 1.29 is 29.6 Å². The van der Waals surface area contributed by atoms with Crippen molar-refractivity contribution in [2.75, 3.05) is 19.8 Å². The molecule has 4 rings (SSSR count). The number of hydrogen-bond acceptors (Lipinski definition) is 9. The molecular weight excluding hydrogens is 498 g/mol. The molecule has 0 amide bonds. The summed E-state index contributed by atoms with van der Waals surface area (Å²) in [5.41, 5.74) is 1.04. The first-order valence-electron chi connectivity index (χ1n) is 12.1. The molecule has 200 valence electrons. The van der Waals surface area contributed by atoms with Gasteiger partial charge in [0.05, 0.1) is 17.7 Å². The van der Waals surface area contributed by atoms with Gasteiger partial charge in [0, 0.05) is 17.7 Å². The molecule has 1 atom stereocenters.